The van der Waals surface area contributed by atoms with Gasteiger partial charge in [0.1, 0.15) is 0 Å². The average molecular weight is 305 g/mol. The fourth-order valence-corrected chi connectivity index (χ4v) is 1.83. The van der Waals surface area contributed by atoms with Crippen LogP contribution in [0.4, 0.5) is 0 Å². The molecule has 6 heteroatoms. The summed E-state index contributed by atoms with van der Waals surface area (Å²) >= 11 is 3.17. The first-order valence-corrected chi connectivity index (χ1v) is 6.21. The average Bonchev–Trinajstić information content (AvgIpc) is 2.65. The third-order valence-corrected chi connectivity index (χ3v) is 2.89. The summed E-state index contributed by atoms with van der Waals surface area (Å²) in [5, 5.41) is 2.73. The molecule has 1 N–H and O–H groups in total. The largest absolute Gasteiger partial charge is 0.383 e. The number of likely N-dealkylation sites (tertiary alicyclic amines) is 1. The second kappa shape index (κ2) is 6.76. The van der Waals surface area contributed by atoms with Crippen LogP contribution in [0.25, 0.3) is 0 Å². The molecular formula is C11H17BrN2O3. The third kappa shape index (κ3) is 4.47. The Hall–Kier alpha value is -0.880. The lowest BCUT2D eigenvalue weighted by Crippen LogP contribution is -2.34. The molecule has 0 spiro atoms. The molecule has 1 fully saturated rings. The molecule has 1 saturated heterocycles. The molecule has 0 radical (unpaired) electrons. The molecule has 0 aromatic carbocycles. The van der Waals surface area contributed by atoms with Gasteiger partial charge in [-0.15, -0.1) is 0 Å². The van der Waals surface area contributed by atoms with E-state index in [0.717, 1.165) is 0 Å². The maximum absolute atomic E-state index is 11.7. The van der Waals surface area contributed by atoms with Crippen molar-refractivity contribution in [3.8, 4) is 0 Å². The van der Waals surface area contributed by atoms with Gasteiger partial charge in [-0.1, -0.05) is 22.5 Å². The smallest absolute Gasteiger partial charge is 0.225 e. The number of hydrogen-bond donors (Lipinski definition) is 1. The van der Waals surface area contributed by atoms with Gasteiger partial charge in [-0.25, -0.2) is 0 Å². The fourth-order valence-electron chi connectivity index (χ4n) is 1.69. The number of nitrogens with one attached hydrogen (secondary N) is 1. The van der Waals surface area contributed by atoms with Crippen LogP contribution in [0.15, 0.2) is 11.1 Å². The number of ether oxygens (including phenoxy) is 1. The summed E-state index contributed by atoms with van der Waals surface area (Å²) in [4.78, 5) is 25.0. The standard InChI is InChI=1S/C11H17BrN2O3/c1-8(12)6-13-11(16)9-5-10(15)14(7-9)3-4-17-2/h9H,1,3-7H2,2H3,(H,13,16). The number of carbonyl (C=O) groups excluding carboxylic acids is 2. The van der Waals surface area contributed by atoms with Gasteiger partial charge in [0.15, 0.2) is 0 Å². The number of amides is 2. The monoisotopic (exact) mass is 304 g/mol. The van der Waals surface area contributed by atoms with Crippen LogP contribution in [0.3, 0.4) is 0 Å². The predicted molar refractivity (Wildman–Crippen MR) is 67.6 cm³/mol. The van der Waals surface area contributed by atoms with Gasteiger partial charge >= 0.3 is 0 Å². The van der Waals surface area contributed by atoms with Crippen molar-refractivity contribution >= 4 is 27.7 Å². The van der Waals surface area contributed by atoms with Crippen molar-refractivity contribution in [2.45, 2.75) is 6.42 Å². The molecule has 1 aliphatic heterocycles. The predicted octanol–water partition coefficient (Wildman–Crippen LogP) is 0.506. The topological polar surface area (TPSA) is 58.6 Å². The van der Waals surface area contributed by atoms with Crippen LogP contribution in [0.2, 0.25) is 0 Å². The molecule has 0 saturated carbocycles. The van der Waals surface area contributed by atoms with Gasteiger partial charge in [0.25, 0.3) is 0 Å². The Bertz CT molecular complexity index is 320. The Morgan fingerprint density at radius 1 is 1.71 bits per heavy atom. The molecule has 1 aliphatic rings. The lowest BCUT2D eigenvalue weighted by atomic mass is 10.1. The summed E-state index contributed by atoms with van der Waals surface area (Å²) in [7, 11) is 1.59. The highest BCUT2D eigenvalue weighted by Crippen LogP contribution is 2.17. The lowest BCUT2D eigenvalue weighted by Gasteiger charge is -2.15. The number of carbonyl (C=O) groups is 2. The number of nitrogens with zero attached hydrogens (tertiary/aromatic N) is 1. The quantitative estimate of drug-likeness (QED) is 0.778. The summed E-state index contributed by atoms with van der Waals surface area (Å²) < 4.78 is 5.63. The van der Waals surface area contributed by atoms with E-state index in [1.165, 1.54) is 0 Å². The van der Waals surface area contributed by atoms with Crippen LogP contribution in [0.5, 0.6) is 0 Å². The first-order valence-electron chi connectivity index (χ1n) is 5.42. The Labute approximate surface area is 109 Å². The molecule has 1 atom stereocenters. The molecule has 96 valence electrons. The Morgan fingerprint density at radius 2 is 2.41 bits per heavy atom. The number of hydrogen-bond acceptors (Lipinski definition) is 3. The molecule has 0 bridgehead atoms. The van der Waals surface area contributed by atoms with Gasteiger partial charge in [-0.05, 0) is 0 Å². The van der Waals surface area contributed by atoms with E-state index in [2.05, 4.69) is 27.8 Å². The van der Waals surface area contributed by atoms with Gasteiger partial charge in [0.2, 0.25) is 11.8 Å². The van der Waals surface area contributed by atoms with Crippen LogP contribution in [0.1, 0.15) is 6.42 Å². The van der Waals surface area contributed by atoms with Crippen LogP contribution in [0, 0.1) is 5.92 Å². The van der Waals surface area contributed by atoms with E-state index >= 15 is 0 Å². The fraction of sp³-hybridized carbons (Fsp3) is 0.636. The molecule has 1 heterocycles. The molecule has 0 aromatic heterocycles. The van der Waals surface area contributed by atoms with E-state index in [9.17, 15) is 9.59 Å². The minimum atomic E-state index is -0.258. The summed E-state index contributed by atoms with van der Waals surface area (Å²) in [6, 6.07) is 0. The summed E-state index contributed by atoms with van der Waals surface area (Å²) in [6.45, 7) is 5.54. The van der Waals surface area contributed by atoms with Crippen LogP contribution >= 0.6 is 15.9 Å². The van der Waals surface area contributed by atoms with Crippen molar-refractivity contribution in [1.82, 2.24) is 10.2 Å². The van der Waals surface area contributed by atoms with E-state index in [4.69, 9.17) is 4.74 Å². The zero-order chi connectivity index (χ0) is 12.8. The summed E-state index contributed by atoms with van der Waals surface area (Å²) in [5.74, 6) is -0.343. The number of halogens is 1. The molecular weight excluding hydrogens is 288 g/mol. The van der Waals surface area contributed by atoms with Crippen molar-refractivity contribution in [3.05, 3.63) is 11.1 Å². The van der Waals surface area contributed by atoms with Crippen LogP contribution in [-0.2, 0) is 14.3 Å². The first-order chi connectivity index (χ1) is 8.04. The lowest BCUT2D eigenvalue weighted by molar-refractivity contribution is -0.129. The van der Waals surface area contributed by atoms with E-state index < -0.39 is 0 Å². The molecule has 2 amide bonds. The Kier molecular flexibility index (Phi) is 5.64. The highest BCUT2D eigenvalue weighted by atomic mass is 79.9. The van der Waals surface area contributed by atoms with Crippen LogP contribution < -0.4 is 5.32 Å². The molecule has 1 rings (SSSR count). The molecule has 0 aliphatic carbocycles. The maximum atomic E-state index is 11.7. The second-order valence-electron chi connectivity index (χ2n) is 3.97. The first kappa shape index (κ1) is 14.2. The highest BCUT2D eigenvalue weighted by molar-refractivity contribution is 9.11. The number of rotatable bonds is 6. The molecule has 17 heavy (non-hydrogen) atoms. The van der Waals surface area contributed by atoms with Crippen molar-refractivity contribution in [2.75, 3.05) is 33.4 Å². The Balaban J connectivity index is 2.39. The zero-order valence-electron chi connectivity index (χ0n) is 9.87. The minimum Gasteiger partial charge on any atom is -0.383 e. The minimum absolute atomic E-state index is 0.0138. The van der Waals surface area contributed by atoms with Crippen molar-refractivity contribution < 1.29 is 14.3 Å². The maximum Gasteiger partial charge on any atom is 0.225 e. The second-order valence-corrected chi connectivity index (χ2v) is 5.09. The summed E-state index contributed by atoms with van der Waals surface area (Å²) in [6.07, 6.45) is 0.282. The SMILES string of the molecule is C=C(Br)CNC(=O)C1CC(=O)N(CCOC)C1. The van der Waals surface area contributed by atoms with Crippen molar-refractivity contribution in [1.29, 1.82) is 0 Å². The van der Waals surface area contributed by atoms with E-state index in [1.807, 2.05) is 0 Å². The van der Waals surface area contributed by atoms with Crippen LogP contribution in [-0.4, -0.2) is 50.1 Å². The van der Waals surface area contributed by atoms with E-state index in [1.54, 1.807) is 12.0 Å². The van der Waals surface area contributed by atoms with E-state index in [-0.39, 0.29) is 24.2 Å². The normalized spacial score (nSPS) is 19.5. The van der Waals surface area contributed by atoms with Gasteiger partial charge in [0, 0.05) is 37.6 Å². The molecule has 1 unspecified atom stereocenters. The third-order valence-electron chi connectivity index (χ3n) is 2.61. The van der Waals surface area contributed by atoms with E-state index in [0.29, 0.717) is 30.7 Å². The van der Waals surface area contributed by atoms with Crippen molar-refractivity contribution in [3.63, 3.8) is 0 Å². The highest BCUT2D eigenvalue weighted by Gasteiger charge is 2.33. The molecule has 5 nitrogen and oxygen atoms in total. The molecule has 0 aromatic rings. The van der Waals surface area contributed by atoms with Crippen molar-refractivity contribution in [2.24, 2.45) is 5.92 Å². The summed E-state index contributed by atoms with van der Waals surface area (Å²) in [5.41, 5.74) is 0. The van der Waals surface area contributed by atoms with Gasteiger partial charge in [0.05, 0.1) is 12.5 Å². The van der Waals surface area contributed by atoms with Gasteiger partial charge in [-0.3, -0.25) is 9.59 Å². The Morgan fingerprint density at radius 3 is 3.00 bits per heavy atom. The number of methoxy groups -OCH3 is 1. The zero-order valence-corrected chi connectivity index (χ0v) is 11.5. The van der Waals surface area contributed by atoms with Gasteiger partial charge < -0.3 is 15.0 Å². The van der Waals surface area contributed by atoms with Gasteiger partial charge in [-0.2, -0.15) is 0 Å².